The van der Waals surface area contributed by atoms with Crippen LogP contribution in [0.5, 0.6) is 0 Å². The van der Waals surface area contributed by atoms with Crippen LogP contribution in [0.2, 0.25) is 0 Å². The normalized spacial score (nSPS) is 12.5. The first-order valence-electron chi connectivity index (χ1n) is 8.16. The number of anilines is 1. The van der Waals surface area contributed by atoms with Crippen LogP contribution >= 0.6 is 0 Å². The average molecular weight is 303 g/mol. The Kier molecular flexibility index (Phi) is 7.26. The second-order valence-corrected chi connectivity index (χ2v) is 6.13. The smallest absolute Gasteiger partial charge is 0.166 e. The number of hydrogen-bond acceptors (Lipinski definition) is 5. The molecular weight excluding hydrogens is 274 g/mol. The molecule has 0 spiro atoms. The van der Waals surface area contributed by atoms with E-state index in [0.29, 0.717) is 23.3 Å². The lowest BCUT2D eigenvalue weighted by atomic mass is 10.0. The molecule has 22 heavy (non-hydrogen) atoms. The Hall–Kier alpha value is -1.67. The van der Waals surface area contributed by atoms with E-state index >= 15 is 0 Å². The summed E-state index contributed by atoms with van der Waals surface area (Å²) in [4.78, 5) is 2.45. The van der Waals surface area contributed by atoms with E-state index < -0.39 is 0 Å². The molecule has 0 bridgehead atoms. The second kappa shape index (κ2) is 8.70. The van der Waals surface area contributed by atoms with E-state index in [0.717, 1.165) is 37.3 Å². The Bertz CT molecular complexity index is 515. The molecular formula is C17H29N5. The van der Waals surface area contributed by atoms with Gasteiger partial charge in [-0.3, -0.25) is 4.90 Å². The highest BCUT2D eigenvalue weighted by atomic mass is 15.2. The molecule has 122 valence electrons. The van der Waals surface area contributed by atoms with E-state index in [1.807, 2.05) is 13.8 Å². The van der Waals surface area contributed by atoms with Crippen molar-refractivity contribution >= 4 is 5.82 Å². The number of nitriles is 1. The van der Waals surface area contributed by atoms with Crippen LogP contribution in [0.4, 0.5) is 5.82 Å². The van der Waals surface area contributed by atoms with Gasteiger partial charge in [-0.15, -0.1) is 5.10 Å². The molecule has 1 aromatic rings. The van der Waals surface area contributed by atoms with Gasteiger partial charge in [0.25, 0.3) is 0 Å². The van der Waals surface area contributed by atoms with Gasteiger partial charge in [0.05, 0.1) is 5.69 Å². The molecule has 0 aliphatic heterocycles. The molecule has 1 rings (SSSR count). The van der Waals surface area contributed by atoms with Gasteiger partial charge in [-0.1, -0.05) is 27.7 Å². The van der Waals surface area contributed by atoms with E-state index in [1.54, 1.807) is 0 Å². The predicted octanol–water partition coefficient (Wildman–Crippen LogP) is 3.13. The van der Waals surface area contributed by atoms with Gasteiger partial charge < -0.3 is 5.32 Å². The van der Waals surface area contributed by atoms with Crippen molar-refractivity contribution in [1.82, 2.24) is 15.1 Å². The van der Waals surface area contributed by atoms with Gasteiger partial charge in [-0.05, 0) is 44.8 Å². The molecule has 1 N–H and O–H groups in total. The minimum absolute atomic E-state index is 0.435. The number of nitrogens with zero attached hydrogens (tertiary/aromatic N) is 4. The molecule has 0 aliphatic rings. The zero-order valence-electron chi connectivity index (χ0n) is 14.8. The summed E-state index contributed by atoms with van der Waals surface area (Å²) < 4.78 is 0. The van der Waals surface area contributed by atoms with Gasteiger partial charge >= 0.3 is 0 Å². The molecule has 0 amide bonds. The van der Waals surface area contributed by atoms with Gasteiger partial charge in [0.2, 0.25) is 0 Å². The molecule has 1 aromatic heterocycles. The highest BCUT2D eigenvalue weighted by Crippen LogP contribution is 2.18. The number of hydrogen-bond donors (Lipinski definition) is 1. The van der Waals surface area contributed by atoms with Crippen molar-refractivity contribution in [1.29, 1.82) is 5.26 Å². The molecule has 1 atom stereocenters. The Labute approximate surface area is 134 Å². The first-order chi connectivity index (χ1) is 10.4. The maximum atomic E-state index is 9.37. The minimum atomic E-state index is 0.435. The lowest BCUT2D eigenvalue weighted by Crippen LogP contribution is -2.41. The van der Waals surface area contributed by atoms with Crippen molar-refractivity contribution in [2.75, 3.05) is 25.0 Å². The average Bonchev–Trinajstić information content (AvgIpc) is 2.48. The van der Waals surface area contributed by atoms with Crippen molar-refractivity contribution in [3.05, 3.63) is 16.8 Å². The molecule has 1 heterocycles. The summed E-state index contributed by atoms with van der Waals surface area (Å²) in [6.45, 7) is 15.5. The van der Waals surface area contributed by atoms with E-state index in [9.17, 15) is 5.26 Å². The lowest BCUT2D eigenvalue weighted by Gasteiger charge is -2.31. The molecule has 0 saturated heterocycles. The van der Waals surface area contributed by atoms with Crippen LogP contribution in [-0.4, -0.2) is 40.8 Å². The Morgan fingerprint density at radius 1 is 1.18 bits per heavy atom. The summed E-state index contributed by atoms with van der Waals surface area (Å²) in [6, 6.07) is 2.68. The topological polar surface area (TPSA) is 64.8 Å². The molecule has 0 radical (unpaired) electrons. The molecule has 0 aliphatic carbocycles. The third kappa shape index (κ3) is 4.67. The van der Waals surface area contributed by atoms with E-state index in [4.69, 9.17) is 0 Å². The van der Waals surface area contributed by atoms with Crippen LogP contribution in [0.3, 0.4) is 0 Å². The molecule has 5 nitrogen and oxygen atoms in total. The summed E-state index contributed by atoms with van der Waals surface area (Å²) >= 11 is 0. The fourth-order valence-corrected chi connectivity index (χ4v) is 2.73. The molecule has 0 aromatic carbocycles. The van der Waals surface area contributed by atoms with Crippen molar-refractivity contribution in [2.45, 2.75) is 54.0 Å². The van der Waals surface area contributed by atoms with Crippen LogP contribution in [0.25, 0.3) is 0 Å². The van der Waals surface area contributed by atoms with Gasteiger partial charge in [0.15, 0.2) is 5.82 Å². The van der Waals surface area contributed by atoms with Crippen LogP contribution in [0, 0.1) is 31.1 Å². The number of aryl methyl sites for hydroxylation is 1. The third-order valence-corrected chi connectivity index (χ3v) is 4.14. The van der Waals surface area contributed by atoms with E-state index in [2.05, 4.69) is 54.2 Å². The molecule has 5 heteroatoms. The maximum absolute atomic E-state index is 9.37. The van der Waals surface area contributed by atoms with Crippen LogP contribution in [0.15, 0.2) is 0 Å². The molecule has 1 unspecified atom stereocenters. The second-order valence-electron chi connectivity index (χ2n) is 6.13. The summed E-state index contributed by atoms with van der Waals surface area (Å²) in [7, 11) is 0. The summed E-state index contributed by atoms with van der Waals surface area (Å²) in [5, 5.41) is 21.0. The molecule has 0 saturated carbocycles. The number of aromatic nitrogens is 2. The summed E-state index contributed by atoms with van der Waals surface area (Å²) in [6.07, 6.45) is 1.12. The van der Waals surface area contributed by atoms with Crippen molar-refractivity contribution in [3.63, 3.8) is 0 Å². The van der Waals surface area contributed by atoms with Crippen molar-refractivity contribution in [2.24, 2.45) is 5.92 Å². The first kappa shape index (κ1) is 18.4. The Morgan fingerprint density at radius 3 is 2.32 bits per heavy atom. The zero-order valence-corrected chi connectivity index (χ0v) is 14.8. The van der Waals surface area contributed by atoms with Crippen LogP contribution < -0.4 is 5.32 Å². The lowest BCUT2D eigenvalue weighted by molar-refractivity contribution is 0.199. The fraction of sp³-hybridized carbons (Fsp3) is 0.706. The minimum Gasteiger partial charge on any atom is -0.366 e. The summed E-state index contributed by atoms with van der Waals surface area (Å²) in [5.74, 6) is 1.24. The number of nitrogens with one attached hydrogen (secondary N) is 1. The Morgan fingerprint density at radius 2 is 1.82 bits per heavy atom. The zero-order chi connectivity index (χ0) is 16.7. The van der Waals surface area contributed by atoms with Crippen LogP contribution in [-0.2, 0) is 0 Å². The predicted molar refractivity (Wildman–Crippen MR) is 90.9 cm³/mol. The standard InChI is InChI=1S/C17H29N5/c1-7-22(8-2)15(9-12(3)4)11-19-17-16(10-18)13(5)14(6)20-21-17/h12,15H,7-9,11H2,1-6H3,(H,19,21). The van der Waals surface area contributed by atoms with Crippen LogP contribution in [0.1, 0.15) is 50.9 Å². The maximum Gasteiger partial charge on any atom is 0.166 e. The van der Waals surface area contributed by atoms with Gasteiger partial charge in [0.1, 0.15) is 11.6 Å². The van der Waals surface area contributed by atoms with E-state index in [1.165, 1.54) is 0 Å². The third-order valence-electron chi connectivity index (χ3n) is 4.14. The number of rotatable bonds is 8. The largest absolute Gasteiger partial charge is 0.366 e. The van der Waals surface area contributed by atoms with Gasteiger partial charge in [0, 0.05) is 12.6 Å². The summed E-state index contributed by atoms with van der Waals surface area (Å²) in [5.41, 5.74) is 2.32. The first-order valence-corrected chi connectivity index (χ1v) is 8.16. The fourth-order valence-electron chi connectivity index (χ4n) is 2.73. The highest BCUT2D eigenvalue weighted by molar-refractivity contribution is 5.55. The SMILES string of the molecule is CCN(CC)C(CNc1nnc(C)c(C)c1C#N)CC(C)C. The van der Waals surface area contributed by atoms with Crippen molar-refractivity contribution < 1.29 is 0 Å². The quantitative estimate of drug-likeness (QED) is 0.799. The highest BCUT2D eigenvalue weighted by Gasteiger charge is 2.18. The van der Waals surface area contributed by atoms with E-state index in [-0.39, 0.29) is 0 Å². The monoisotopic (exact) mass is 303 g/mol. The van der Waals surface area contributed by atoms with Gasteiger partial charge in [-0.2, -0.15) is 10.4 Å². The number of likely N-dealkylation sites (N-methyl/N-ethyl adjacent to an activating group) is 1. The van der Waals surface area contributed by atoms with Gasteiger partial charge in [-0.25, -0.2) is 0 Å². The molecule has 0 fully saturated rings. The Balaban J connectivity index is 2.89. The van der Waals surface area contributed by atoms with Crippen molar-refractivity contribution in [3.8, 4) is 6.07 Å².